The Morgan fingerprint density at radius 3 is 2.50 bits per heavy atom. The average Bonchev–Trinajstić information content (AvgIpc) is 3.33. The van der Waals surface area contributed by atoms with E-state index < -0.39 is 0 Å². The number of pyridine rings is 1. The molecule has 0 unspecified atom stereocenters. The van der Waals surface area contributed by atoms with Gasteiger partial charge < -0.3 is 14.6 Å². The third kappa shape index (κ3) is 4.76. The minimum Gasteiger partial charge on any atom is -0.497 e. The van der Waals surface area contributed by atoms with E-state index in [1.807, 2.05) is 41.9 Å². The molecule has 0 amide bonds. The van der Waals surface area contributed by atoms with Gasteiger partial charge >= 0.3 is 0 Å². The highest BCUT2D eigenvalue weighted by Gasteiger charge is 2.32. The zero-order valence-electron chi connectivity index (χ0n) is 21.4. The van der Waals surface area contributed by atoms with Crippen molar-refractivity contribution in [1.29, 1.82) is 0 Å². The number of tetrazole rings is 1. The van der Waals surface area contributed by atoms with Gasteiger partial charge in [-0.25, -0.2) is 4.68 Å². The second kappa shape index (κ2) is 10.2. The van der Waals surface area contributed by atoms with Gasteiger partial charge in [-0.3, -0.25) is 9.69 Å². The Morgan fingerprint density at radius 1 is 1.06 bits per heavy atom. The number of piperazine rings is 1. The summed E-state index contributed by atoms with van der Waals surface area (Å²) in [6, 6.07) is 13.8. The fourth-order valence-corrected chi connectivity index (χ4v) is 5.17. The van der Waals surface area contributed by atoms with Crippen molar-refractivity contribution < 1.29 is 4.74 Å². The first-order chi connectivity index (χ1) is 17.5. The molecule has 1 saturated heterocycles. The van der Waals surface area contributed by atoms with Gasteiger partial charge in [-0.05, 0) is 71.6 Å². The zero-order valence-corrected chi connectivity index (χ0v) is 21.4. The van der Waals surface area contributed by atoms with Crippen LogP contribution in [0.15, 0.2) is 47.3 Å². The van der Waals surface area contributed by atoms with Crippen LogP contribution in [0.2, 0.25) is 0 Å². The largest absolute Gasteiger partial charge is 0.497 e. The lowest BCUT2D eigenvalue weighted by Gasteiger charge is -2.38. The van der Waals surface area contributed by atoms with Gasteiger partial charge in [-0.15, -0.1) is 5.10 Å². The molecular formula is C27H33N7O2. The van der Waals surface area contributed by atoms with Gasteiger partial charge in [0.15, 0.2) is 5.82 Å². The van der Waals surface area contributed by atoms with Crippen LogP contribution >= 0.6 is 0 Å². The second-order valence-electron chi connectivity index (χ2n) is 9.52. The average molecular weight is 488 g/mol. The van der Waals surface area contributed by atoms with Crippen LogP contribution in [0, 0.1) is 13.8 Å². The number of aromatic nitrogens is 5. The fourth-order valence-electron chi connectivity index (χ4n) is 5.17. The Morgan fingerprint density at radius 2 is 1.81 bits per heavy atom. The first-order valence-corrected chi connectivity index (χ1v) is 12.5. The normalized spacial score (nSPS) is 15.9. The molecular weight excluding hydrogens is 454 g/mol. The van der Waals surface area contributed by atoms with Crippen molar-refractivity contribution >= 4 is 10.9 Å². The Balaban J connectivity index is 1.59. The molecule has 1 atom stereocenters. The van der Waals surface area contributed by atoms with E-state index in [-0.39, 0.29) is 11.6 Å². The number of methoxy groups -OCH3 is 1. The standard InChI is InChI=1S/C27H33N7O2/c1-5-32-10-12-33(13-11-32)25(23-16-21-15-18(2)14-19(3)24(21)28-27(23)35)26-29-30-31-34(26)17-20-6-8-22(36-4)9-7-20/h6-9,14-16,25H,5,10-13,17H2,1-4H3,(H,28,35)/t25-/m1/s1. The third-order valence-electron chi connectivity index (χ3n) is 7.13. The van der Waals surface area contributed by atoms with Crippen LogP contribution in [0.25, 0.3) is 10.9 Å². The molecule has 0 saturated carbocycles. The highest BCUT2D eigenvalue weighted by molar-refractivity contribution is 5.83. The maximum Gasteiger partial charge on any atom is 0.253 e. The van der Waals surface area contributed by atoms with Crippen LogP contribution in [-0.2, 0) is 6.54 Å². The van der Waals surface area contributed by atoms with E-state index in [0.29, 0.717) is 17.9 Å². The van der Waals surface area contributed by atoms with Crippen molar-refractivity contribution in [3.63, 3.8) is 0 Å². The number of fused-ring (bicyclic) bond motifs is 1. The van der Waals surface area contributed by atoms with Crippen molar-refractivity contribution in [2.24, 2.45) is 0 Å². The Bertz CT molecular complexity index is 1400. The summed E-state index contributed by atoms with van der Waals surface area (Å²) in [5.74, 6) is 1.47. The van der Waals surface area contributed by atoms with Crippen molar-refractivity contribution in [2.45, 2.75) is 33.4 Å². The minimum atomic E-state index is -0.355. The van der Waals surface area contributed by atoms with Crippen LogP contribution in [0.5, 0.6) is 5.75 Å². The molecule has 1 N–H and O–H groups in total. The first-order valence-electron chi connectivity index (χ1n) is 12.5. The number of H-pyrrole nitrogens is 1. The second-order valence-corrected chi connectivity index (χ2v) is 9.52. The van der Waals surface area contributed by atoms with E-state index >= 15 is 0 Å². The van der Waals surface area contributed by atoms with Crippen LogP contribution < -0.4 is 10.3 Å². The summed E-state index contributed by atoms with van der Waals surface area (Å²) < 4.78 is 7.10. The van der Waals surface area contributed by atoms with Gasteiger partial charge in [0.25, 0.3) is 5.56 Å². The quantitative estimate of drug-likeness (QED) is 0.429. The maximum absolute atomic E-state index is 13.5. The highest BCUT2D eigenvalue weighted by Crippen LogP contribution is 2.29. The number of nitrogens with zero attached hydrogens (tertiary/aromatic N) is 6. The summed E-state index contributed by atoms with van der Waals surface area (Å²) in [6.07, 6.45) is 0. The lowest BCUT2D eigenvalue weighted by atomic mass is 10.00. The molecule has 36 heavy (non-hydrogen) atoms. The molecule has 1 aliphatic rings. The predicted octanol–water partition coefficient (Wildman–Crippen LogP) is 2.92. The molecule has 4 aromatic rings. The SMILES string of the molecule is CCN1CCN([C@H](c2cc3cc(C)cc(C)c3[nH]c2=O)c2nnnn2Cc2ccc(OC)cc2)CC1. The van der Waals surface area contributed by atoms with Crippen molar-refractivity contribution in [3.8, 4) is 5.75 Å². The van der Waals surface area contributed by atoms with Crippen LogP contribution in [0.1, 0.15) is 41.0 Å². The molecule has 9 heteroatoms. The summed E-state index contributed by atoms with van der Waals surface area (Å²) in [6.45, 7) is 11.4. The highest BCUT2D eigenvalue weighted by atomic mass is 16.5. The van der Waals surface area contributed by atoms with Crippen LogP contribution in [0.4, 0.5) is 0 Å². The van der Waals surface area contributed by atoms with E-state index in [2.05, 4.69) is 56.3 Å². The molecule has 9 nitrogen and oxygen atoms in total. The molecule has 5 rings (SSSR count). The Labute approximate surface area is 210 Å². The molecule has 1 fully saturated rings. The topological polar surface area (TPSA) is 92.2 Å². The lowest BCUT2D eigenvalue weighted by Crippen LogP contribution is -2.49. The number of hydrogen-bond donors (Lipinski definition) is 1. The summed E-state index contributed by atoms with van der Waals surface area (Å²) >= 11 is 0. The number of likely N-dealkylation sites (N-methyl/N-ethyl adjacent to an activating group) is 1. The zero-order chi connectivity index (χ0) is 25.2. The number of benzene rings is 2. The number of aromatic amines is 1. The van der Waals surface area contributed by atoms with E-state index in [4.69, 9.17) is 4.74 Å². The van der Waals surface area contributed by atoms with Gasteiger partial charge in [0.05, 0.1) is 19.2 Å². The van der Waals surface area contributed by atoms with Crippen LogP contribution in [0.3, 0.4) is 0 Å². The van der Waals surface area contributed by atoms with Crippen molar-refractivity contribution in [2.75, 3.05) is 39.8 Å². The number of hydrogen-bond acceptors (Lipinski definition) is 7. The fraction of sp³-hybridized carbons (Fsp3) is 0.407. The number of aryl methyl sites for hydroxylation is 2. The third-order valence-corrected chi connectivity index (χ3v) is 7.13. The molecule has 0 aliphatic carbocycles. The Kier molecular flexibility index (Phi) is 6.84. The lowest BCUT2D eigenvalue weighted by molar-refractivity contribution is 0.108. The molecule has 3 heterocycles. The van der Waals surface area contributed by atoms with Crippen LogP contribution in [-0.4, -0.2) is 74.8 Å². The number of nitrogens with one attached hydrogen (secondary N) is 1. The van der Waals surface area contributed by atoms with Gasteiger partial charge in [0.2, 0.25) is 0 Å². The number of rotatable bonds is 7. The van der Waals surface area contributed by atoms with E-state index in [0.717, 1.165) is 66.1 Å². The van der Waals surface area contributed by atoms with Gasteiger partial charge in [0.1, 0.15) is 11.8 Å². The van der Waals surface area contributed by atoms with E-state index in [1.54, 1.807) is 7.11 Å². The molecule has 1 aliphatic heterocycles. The molecule has 0 spiro atoms. The van der Waals surface area contributed by atoms with E-state index in [9.17, 15) is 4.79 Å². The van der Waals surface area contributed by atoms with E-state index in [1.165, 1.54) is 0 Å². The summed E-state index contributed by atoms with van der Waals surface area (Å²) in [5.41, 5.74) is 4.72. The van der Waals surface area contributed by atoms with Gasteiger partial charge in [-0.2, -0.15) is 0 Å². The summed E-state index contributed by atoms with van der Waals surface area (Å²) in [7, 11) is 1.65. The smallest absolute Gasteiger partial charge is 0.253 e. The van der Waals surface area contributed by atoms with Gasteiger partial charge in [0, 0.05) is 31.7 Å². The molecule has 2 aromatic heterocycles. The summed E-state index contributed by atoms with van der Waals surface area (Å²) in [5, 5.41) is 13.8. The summed E-state index contributed by atoms with van der Waals surface area (Å²) in [4.78, 5) is 21.4. The first kappa shape index (κ1) is 24.1. The predicted molar refractivity (Wildman–Crippen MR) is 139 cm³/mol. The minimum absolute atomic E-state index is 0.101. The molecule has 188 valence electrons. The molecule has 0 bridgehead atoms. The van der Waals surface area contributed by atoms with Crippen molar-refractivity contribution in [1.82, 2.24) is 35.0 Å². The monoisotopic (exact) mass is 487 g/mol. The molecule has 2 aromatic carbocycles. The maximum atomic E-state index is 13.5. The van der Waals surface area contributed by atoms with Crippen molar-refractivity contribution in [3.05, 3.63) is 80.9 Å². The Hall–Kier alpha value is -3.56. The van der Waals surface area contributed by atoms with Gasteiger partial charge in [-0.1, -0.05) is 30.7 Å². The number of ether oxygens (including phenoxy) is 1. The molecule has 0 radical (unpaired) electrons.